The first-order valence-electron chi connectivity index (χ1n) is 7.80. The Kier molecular flexibility index (Phi) is 4.19. The van der Waals surface area contributed by atoms with Gasteiger partial charge in [0.15, 0.2) is 5.15 Å². The number of halogens is 1. The Labute approximate surface area is 140 Å². The summed E-state index contributed by atoms with van der Waals surface area (Å²) in [5.41, 5.74) is 2.34. The van der Waals surface area contributed by atoms with Crippen LogP contribution >= 0.6 is 11.6 Å². The monoisotopic (exact) mass is 336 g/mol. The summed E-state index contributed by atoms with van der Waals surface area (Å²) in [4.78, 5) is 25.4. The normalized spacial score (nSPS) is 16.8. The van der Waals surface area contributed by atoms with E-state index in [1.54, 1.807) is 4.90 Å². The third-order valence-corrected chi connectivity index (χ3v) is 4.32. The quantitative estimate of drug-likeness (QED) is 0.805. The van der Waals surface area contributed by atoms with Crippen LogP contribution in [0.15, 0.2) is 12.5 Å². The molecule has 1 fully saturated rings. The van der Waals surface area contributed by atoms with Gasteiger partial charge < -0.3 is 14.6 Å². The second-order valence-corrected chi connectivity index (χ2v) is 7.23. The lowest BCUT2D eigenvalue weighted by Gasteiger charge is -2.33. The zero-order valence-corrected chi connectivity index (χ0v) is 14.4. The van der Waals surface area contributed by atoms with Gasteiger partial charge in [-0.1, -0.05) is 11.6 Å². The predicted octanol–water partition coefficient (Wildman–Crippen LogP) is 3.73. The van der Waals surface area contributed by atoms with Crippen molar-refractivity contribution in [2.45, 2.75) is 45.1 Å². The molecule has 0 bridgehead atoms. The van der Waals surface area contributed by atoms with E-state index in [9.17, 15) is 4.79 Å². The fraction of sp³-hybridized carbons (Fsp3) is 0.562. The number of likely N-dealkylation sites (tertiary alicyclic amines) is 1. The zero-order chi connectivity index (χ0) is 16.6. The molecule has 1 amide bonds. The number of hydrogen-bond donors (Lipinski definition) is 1. The van der Waals surface area contributed by atoms with E-state index >= 15 is 0 Å². The van der Waals surface area contributed by atoms with Crippen LogP contribution in [-0.4, -0.2) is 44.6 Å². The van der Waals surface area contributed by atoms with E-state index in [1.807, 2.05) is 27.0 Å². The molecule has 0 spiro atoms. The number of hydrogen-bond acceptors (Lipinski definition) is 4. The van der Waals surface area contributed by atoms with Crippen LogP contribution in [0.4, 0.5) is 4.79 Å². The molecule has 0 unspecified atom stereocenters. The van der Waals surface area contributed by atoms with Crippen molar-refractivity contribution in [3.05, 3.63) is 23.2 Å². The van der Waals surface area contributed by atoms with Crippen LogP contribution in [0.25, 0.3) is 11.0 Å². The molecule has 1 N–H and O–H groups in total. The highest BCUT2D eigenvalue weighted by molar-refractivity contribution is 6.33. The van der Waals surface area contributed by atoms with Crippen LogP contribution in [0.5, 0.6) is 0 Å². The van der Waals surface area contributed by atoms with E-state index in [-0.39, 0.29) is 6.09 Å². The van der Waals surface area contributed by atoms with Gasteiger partial charge in [0.05, 0.1) is 5.52 Å². The summed E-state index contributed by atoms with van der Waals surface area (Å²) in [6.45, 7) is 7.02. The molecule has 0 radical (unpaired) electrons. The fourth-order valence-corrected chi connectivity index (χ4v) is 3.13. The number of carbonyl (C=O) groups is 1. The number of fused-ring (bicyclic) bond motifs is 1. The molecule has 23 heavy (non-hydrogen) atoms. The molecule has 0 saturated carbocycles. The van der Waals surface area contributed by atoms with Gasteiger partial charge in [-0.05, 0) is 45.1 Å². The van der Waals surface area contributed by atoms with E-state index in [0.29, 0.717) is 24.2 Å². The van der Waals surface area contributed by atoms with Gasteiger partial charge in [0.2, 0.25) is 0 Å². The van der Waals surface area contributed by atoms with Crippen molar-refractivity contribution < 1.29 is 9.53 Å². The summed E-state index contributed by atoms with van der Waals surface area (Å²) in [6, 6.07) is 0. The number of aromatic nitrogens is 3. The predicted molar refractivity (Wildman–Crippen MR) is 88.7 cm³/mol. The standard InChI is InChI=1S/C16H21ClN4O2/c1-16(2,3)23-15(22)21-6-4-10(5-7-21)11-8-18-13-12(11)19-9-20-14(13)17/h8-10,18H,4-7H2,1-3H3. The van der Waals surface area contributed by atoms with Gasteiger partial charge in [0.1, 0.15) is 17.4 Å². The SMILES string of the molecule is CC(C)(C)OC(=O)N1CCC(c2c[nH]c3c(Cl)ncnc23)CC1. The van der Waals surface area contributed by atoms with Gasteiger partial charge in [-0.3, -0.25) is 0 Å². The fourth-order valence-electron chi connectivity index (χ4n) is 2.94. The highest BCUT2D eigenvalue weighted by atomic mass is 35.5. The van der Waals surface area contributed by atoms with Crippen LogP contribution < -0.4 is 0 Å². The van der Waals surface area contributed by atoms with Crippen molar-refractivity contribution in [1.82, 2.24) is 19.9 Å². The van der Waals surface area contributed by atoms with Crippen molar-refractivity contribution in [2.24, 2.45) is 0 Å². The van der Waals surface area contributed by atoms with Crippen molar-refractivity contribution in [3.63, 3.8) is 0 Å². The van der Waals surface area contributed by atoms with Gasteiger partial charge in [-0.2, -0.15) is 0 Å². The van der Waals surface area contributed by atoms with Crippen molar-refractivity contribution in [1.29, 1.82) is 0 Å². The van der Waals surface area contributed by atoms with E-state index in [2.05, 4.69) is 15.0 Å². The molecule has 2 aromatic heterocycles. The number of carbonyl (C=O) groups excluding carboxylic acids is 1. The third kappa shape index (κ3) is 3.42. The highest BCUT2D eigenvalue weighted by Gasteiger charge is 2.29. The minimum atomic E-state index is -0.460. The number of H-pyrrole nitrogens is 1. The Morgan fingerprint density at radius 1 is 1.35 bits per heavy atom. The summed E-state index contributed by atoms with van der Waals surface area (Å²) in [5, 5.41) is 0.437. The van der Waals surface area contributed by atoms with Crippen LogP contribution in [0.2, 0.25) is 5.15 Å². The lowest BCUT2D eigenvalue weighted by atomic mass is 9.90. The smallest absolute Gasteiger partial charge is 0.410 e. The first kappa shape index (κ1) is 16.1. The number of nitrogens with zero attached hydrogens (tertiary/aromatic N) is 3. The number of amides is 1. The average molecular weight is 337 g/mol. The summed E-state index contributed by atoms with van der Waals surface area (Å²) >= 11 is 6.08. The Morgan fingerprint density at radius 2 is 2.04 bits per heavy atom. The number of piperidine rings is 1. The van der Waals surface area contributed by atoms with Gasteiger partial charge in [-0.15, -0.1) is 0 Å². The topological polar surface area (TPSA) is 71.1 Å². The molecular weight excluding hydrogens is 316 g/mol. The minimum Gasteiger partial charge on any atom is -0.444 e. The summed E-state index contributed by atoms with van der Waals surface area (Å²) in [5.74, 6) is 0.355. The van der Waals surface area contributed by atoms with Gasteiger partial charge in [-0.25, -0.2) is 14.8 Å². The van der Waals surface area contributed by atoms with Gasteiger partial charge in [0.25, 0.3) is 0 Å². The molecule has 124 valence electrons. The first-order valence-corrected chi connectivity index (χ1v) is 8.18. The molecule has 2 aromatic rings. The maximum atomic E-state index is 12.1. The van der Waals surface area contributed by atoms with Gasteiger partial charge in [0, 0.05) is 19.3 Å². The Balaban J connectivity index is 1.69. The summed E-state index contributed by atoms with van der Waals surface area (Å²) < 4.78 is 5.43. The van der Waals surface area contributed by atoms with Gasteiger partial charge >= 0.3 is 6.09 Å². The molecule has 0 aromatic carbocycles. The molecule has 7 heteroatoms. The average Bonchev–Trinajstić information content (AvgIpc) is 2.91. The van der Waals surface area contributed by atoms with Crippen LogP contribution in [0, 0.1) is 0 Å². The van der Waals surface area contributed by atoms with Crippen LogP contribution in [0.1, 0.15) is 45.1 Å². The maximum absolute atomic E-state index is 12.1. The van der Waals surface area contributed by atoms with Crippen LogP contribution in [-0.2, 0) is 4.74 Å². The molecule has 0 aliphatic carbocycles. The maximum Gasteiger partial charge on any atom is 0.410 e. The Bertz CT molecular complexity index is 714. The molecule has 0 atom stereocenters. The van der Waals surface area contributed by atoms with Crippen molar-refractivity contribution in [2.75, 3.05) is 13.1 Å². The molecule has 1 aliphatic heterocycles. The summed E-state index contributed by atoms with van der Waals surface area (Å²) in [7, 11) is 0. The second kappa shape index (κ2) is 6.00. The third-order valence-electron chi connectivity index (χ3n) is 4.03. The largest absolute Gasteiger partial charge is 0.444 e. The molecular formula is C16H21ClN4O2. The number of rotatable bonds is 1. The molecule has 3 heterocycles. The summed E-state index contributed by atoms with van der Waals surface area (Å²) in [6.07, 6.45) is 4.97. The Hall–Kier alpha value is -1.82. The van der Waals surface area contributed by atoms with Crippen LogP contribution in [0.3, 0.4) is 0 Å². The second-order valence-electron chi connectivity index (χ2n) is 6.87. The zero-order valence-electron chi connectivity index (χ0n) is 13.6. The highest BCUT2D eigenvalue weighted by Crippen LogP contribution is 2.33. The molecule has 1 aliphatic rings. The van der Waals surface area contributed by atoms with E-state index in [0.717, 1.165) is 29.4 Å². The van der Waals surface area contributed by atoms with Crippen molar-refractivity contribution in [3.8, 4) is 0 Å². The molecule has 1 saturated heterocycles. The number of ether oxygens (including phenoxy) is 1. The molecule has 3 rings (SSSR count). The lowest BCUT2D eigenvalue weighted by molar-refractivity contribution is 0.0205. The lowest BCUT2D eigenvalue weighted by Crippen LogP contribution is -2.41. The first-order chi connectivity index (χ1) is 10.8. The number of aromatic amines is 1. The Morgan fingerprint density at radius 3 is 2.70 bits per heavy atom. The van der Waals surface area contributed by atoms with Crippen molar-refractivity contribution >= 4 is 28.7 Å². The van der Waals surface area contributed by atoms with E-state index < -0.39 is 5.60 Å². The number of nitrogens with one attached hydrogen (secondary N) is 1. The minimum absolute atomic E-state index is 0.236. The molecule has 6 nitrogen and oxygen atoms in total. The van der Waals surface area contributed by atoms with E-state index in [4.69, 9.17) is 16.3 Å². The van der Waals surface area contributed by atoms with E-state index in [1.165, 1.54) is 6.33 Å².